The SMILES string of the molecule is COc1ccc(Cl)cc1C(=O)N=c1sc(C(C)=O)c(C)n1CC1CC(OC)C1. The first kappa shape index (κ1) is 20.8. The average molecular weight is 423 g/mol. The molecule has 0 radical (unpaired) electrons. The largest absolute Gasteiger partial charge is 0.496 e. The summed E-state index contributed by atoms with van der Waals surface area (Å²) in [6.45, 7) is 4.12. The fourth-order valence-corrected chi connectivity index (χ4v) is 4.59. The van der Waals surface area contributed by atoms with E-state index < -0.39 is 5.91 Å². The van der Waals surface area contributed by atoms with Gasteiger partial charge in [-0.15, -0.1) is 0 Å². The van der Waals surface area contributed by atoms with E-state index in [0.29, 0.717) is 38.5 Å². The number of hydrogen-bond donors (Lipinski definition) is 0. The number of Topliss-reactive ketones (excluding diaryl/α,β-unsaturated/α-hetero) is 1. The minimum atomic E-state index is -0.451. The Bertz CT molecular complexity index is 973. The van der Waals surface area contributed by atoms with Crippen LogP contribution in [0.2, 0.25) is 5.02 Å². The van der Waals surface area contributed by atoms with Crippen molar-refractivity contribution in [2.75, 3.05) is 14.2 Å². The van der Waals surface area contributed by atoms with Crippen LogP contribution in [-0.2, 0) is 11.3 Å². The van der Waals surface area contributed by atoms with Gasteiger partial charge in [-0.3, -0.25) is 9.59 Å². The third-order valence-corrected chi connectivity index (χ3v) is 6.55. The molecule has 1 aromatic carbocycles. The Morgan fingerprint density at radius 1 is 1.32 bits per heavy atom. The first-order valence-corrected chi connectivity index (χ1v) is 10.2. The van der Waals surface area contributed by atoms with Crippen molar-refractivity contribution in [2.45, 2.75) is 39.3 Å². The Kier molecular flexibility index (Phi) is 6.37. The van der Waals surface area contributed by atoms with Crippen molar-refractivity contribution >= 4 is 34.6 Å². The van der Waals surface area contributed by atoms with Crippen molar-refractivity contribution in [3.8, 4) is 5.75 Å². The number of thiazole rings is 1. The number of ether oxygens (including phenoxy) is 2. The number of rotatable bonds is 6. The maximum atomic E-state index is 12.8. The Balaban J connectivity index is 2.00. The molecule has 1 saturated carbocycles. The molecule has 1 aliphatic carbocycles. The van der Waals surface area contributed by atoms with Crippen LogP contribution in [0.3, 0.4) is 0 Å². The predicted molar refractivity (Wildman–Crippen MR) is 108 cm³/mol. The molecule has 1 amide bonds. The molecule has 1 fully saturated rings. The van der Waals surface area contributed by atoms with Gasteiger partial charge in [-0.25, -0.2) is 0 Å². The maximum absolute atomic E-state index is 12.8. The molecule has 3 rings (SSSR count). The number of methoxy groups -OCH3 is 2. The zero-order chi connectivity index (χ0) is 20.4. The fraction of sp³-hybridized carbons (Fsp3) is 0.450. The van der Waals surface area contributed by atoms with E-state index in [1.807, 2.05) is 11.5 Å². The van der Waals surface area contributed by atoms with Crippen molar-refractivity contribution in [1.29, 1.82) is 0 Å². The summed E-state index contributed by atoms with van der Waals surface area (Å²) in [7, 11) is 3.21. The second-order valence-corrected chi connectivity index (χ2v) is 8.34. The van der Waals surface area contributed by atoms with Crippen LogP contribution >= 0.6 is 22.9 Å². The molecule has 1 aromatic heterocycles. The maximum Gasteiger partial charge on any atom is 0.283 e. The van der Waals surface area contributed by atoms with Crippen LogP contribution < -0.4 is 9.54 Å². The van der Waals surface area contributed by atoms with E-state index in [0.717, 1.165) is 18.5 Å². The van der Waals surface area contributed by atoms with Crippen LogP contribution in [0.15, 0.2) is 23.2 Å². The average Bonchev–Trinajstić information content (AvgIpc) is 2.93. The molecular formula is C20H23ClN2O4S. The van der Waals surface area contributed by atoms with Gasteiger partial charge in [0.2, 0.25) is 0 Å². The smallest absolute Gasteiger partial charge is 0.283 e. The van der Waals surface area contributed by atoms with Gasteiger partial charge < -0.3 is 14.0 Å². The molecule has 28 heavy (non-hydrogen) atoms. The van der Waals surface area contributed by atoms with Crippen LogP contribution in [0.4, 0.5) is 0 Å². The summed E-state index contributed by atoms with van der Waals surface area (Å²) in [5.74, 6) is 0.362. The molecule has 2 aromatic rings. The van der Waals surface area contributed by atoms with Gasteiger partial charge in [-0.2, -0.15) is 4.99 Å². The monoisotopic (exact) mass is 422 g/mol. The van der Waals surface area contributed by atoms with E-state index in [9.17, 15) is 9.59 Å². The second-order valence-electron chi connectivity index (χ2n) is 6.92. The number of nitrogens with zero attached hydrogens (tertiary/aromatic N) is 2. The molecule has 6 nitrogen and oxygen atoms in total. The van der Waals surface area contributed by atoms with Gasteiger partial charge >= 0.3 is 0 Å². The second kappa shape index (κ2) is 8.59. The van der Waals surface area contributed by atoms with Gasteiger partial charge in [0.25, 0.3) is 5.91 Å². The molecule has 0 atom stereocenters. The summed E-state index contributed by atoms with van der Waals surface area (Å²) in [5.41, 5.74) is 1.13. The number of ketones is 1. The van der Waals surface area contributed by atoms with Crippen molar-refractivity contribution in [3.63, 3.8) is 0 Å². The number of carbonyl (C=O) groups is 2. The fourth-order valence-electron chi connectivity index (χ4n) is 3.38. The minimum Gasteiger partial charge on any atom is -0.496 e. The summed E-state index contributed by atoms with van der Waals surface area (Å²) in [6, 6.07) is 4.83. The van der Waals surface area contributed by atoms with Crippen molar-refractivity contribution < 1.29 is 19.1 Å². The van der Waals surface area contributed by atoms with Crippen molar-refractivity contribution in [2.24, 2.45) is 10.9 Å². The van der Waals surface area contributed by atoms with E-state index >= 15 is 0 Å². The summed E-state index contributed by atoms with van der Waals surface area (Å²) in [6.07, 6.45) is 2.21. The number of carbonyl (C=O) groups excluding carboxylic acids is 2. The molecule has 0 spiro atoms. The molecule has 1 aliphatic rings. The predicted octanol–water partition coefficient (Wildman–Crippen LogP) is 3.89. The summed E-state index contributed by atoms with van der Waals surface area (Å²) in [5, 5.41) is 0.430. The van der Waals surface area contributed by atoms with Gasteiger partial charge in [0, 0.05) is 31.3 Å². The van der Waals surface area contributed by atoms with Gasteiger partial charge in [0.1, 0.15) is 5.75 Å². The van der Waals surface area contributed by atoms with Crippen LogP contribution in [0, 0.1) is 12.8 Å². The molecule has 0 bridgehead atoms. The van der Waals surface area contributed by atoms with Gasteiger partial charge in [0.15, 0.2) is 10.6 Å². The summed E-state index contributed by atoms with van der Waals surface area (Å²) in [4.78, 5) is 30.3. The van der Waals surface area contributed by atoms with Gasteiger partial charge in [-0.05, 0) is 43.9 Å². The van der Waals surface area contributed by atoms with E-state index in [1.54, 1.807) is 19.2 Å². The van der Waals surface area contributed by atoms with Crippen LogP contribution in [0.1, 0.15) is 45.5 Å². The van der Waals surface area contributed by atoms with Crippen molar-refractivity contribution in [1.82, 2.24) is 4.57 Å². The molecule has 0 saturated heterocycles. The molecule has 150 valence electrons. The number of amides is 1. The standard InChI is InChI=1S/C20H23ClN2O4S/c1-11-18(12(2)24)28-20(23(11)10-13-7-15(8-13)26-3)22-19(25)16-9-14(21)5-6-17(16)27-4/h5-6,9,13,15H,7-8,10H2,1-4H3. The van der Waals surface area contributed by atoms with Crippen LogP contribution in [0.5, 0.6) is 5.75 Å². The van der Waals surface area contributed by atoms with Crippen molar-refractivity contribution in [3.05, 3.63) is 44.2 Å². The lowest BCUT2D eigenvalue weighted by Gasteiger charge is -2.34. The Hall–Kier alpha value is -1.96. The van der Waals surface area contributed by atoms with Gasteiger partial charge in [0.05, 0.1) is 23.7 Å². The minimum absolute atomic E-state index is 0.0335. The third-order valence-electron chi connectivity index (χ3n) is 5.03. The molecular weight excluding hydrogens is 400 g/mol. The number of aromatic nitrogens is 1. The quantitative estimate of drug-likeness (QED) is 0.662. The Morgan fingerprint density at radius 2 is 2.04 bits per heavy atom. The van der Waals surface area contributed by atoms with E-state index in [-0.39, 0.29) is 11.9 Å². The lowest BCUT2D eigenvalue weighted by Crippen LogP contribution is -2.35. The zero-order valence-electron chi connectivity index (χ0n) is 16.3. The number of halogens is 1. The van der Waals surface area contributed by atoms with Crippen LogP contribution in [0.25, 0.3) is 0 Å². The number of hydrogen-bond acceptors (Lipinski definition) is 5. The first-order chi connectivity index (χ1) is 13.3. The molecule has 0 aliphatic heterocycles. The lowest BCUT2D eigenvalue weighted by molar-refractivity contribution is -0.00479. The normalized spacial score (nSPS) is 19.4. The highest BCUT2D eigenvalue weighted by molar-refractivity contribution is 7.11. The molecule has 1 heterocycles. The van der Waals surface area contributed by atoms with E-state index in [4.69, 9.17) is 21.1 Å². The van der Waals surface area contributed by atoms with E-state index in [1.165, 1.54) is 31.4 Å². The molecule has 0 unspecified atom stereocenters. The highest BCUT2D eigenvalue weighted by Gasteiger charge is 2.30. The Morgan fingerprint density at radius 3 is 2.64 bits per heavy atom. The number of benzene rings is 1. The zero-order valence-corrected chi connectivity index (χ0v) is 17.9. The molecule has 0 N–H and O–H groups in total. The summed E-state index contributed by atoms with van der Waals surface area (Å²) < 4.78 is 12.6. The van der Waals surface area contributed by atoms with Crippen LogP contribution in [-0.4, -0.2) is 36.6 Å². The van der Waals surface area contributed by atoms with E-state index in [2.05, 4.69) is 4.99 Å². The summed E-state index contributed by atoms with van der Waals surface area (Å²) >= 11 is 7.28. The topological polar surface area (TPSA) is 69.9 Å². The third kappa shape index (κ3) is 4.21. The van der Waals surface area contributed by atoms with Gasteiger partial charge in [-0.1, -0.05) is 22.9 Å². The first-order valence-electron chi connectivity index (χ1n) is 9.00. The molecule has 8 heteroatoms. The lowest BCUT2D eigenvalue weighted by atomic mass is 9.82. The Labute approximate surface area is 172 Å². The highest BCUT2D eigenvalue weighted by atomic mass is 35.5. The highest BCUT2D eigenvalue weighted by Crippen LogP contribution is 2.31.